The second-order valence-corrected chi connectivity index (χ2v) is 8.73. The molecule has 156 valence electrons. The Morgan fingerprint density at radius 3 is 2.87 bits per heavy atom. The molecule has 1 N–H and O–H groups in total. The molecule has 5 nitrogen and oxygen atoms in total. The van der Waals surface area contributed by atoms with Crippen LogP contribution >= 0.6 is 0 Å². The molecule has 2 aromatic carbocycles. The average Bonchev–Trinajstić information content (AvgIpc) is 3.60. The summed E-state index contributed by atoms with van der Waals surface area (Å²) in [4.78, 5) is 15.4. The molecule has 1 aliphatic heterocycles. The predicted molar refractivity (Wildman–Crippen MR) is 121 cm³/mol. The number of aromatic nitrogens is 3. The van der Waals surface area contributed by atoms with Crippen LogP contribution in [0.4, 0.5) is 0 Å². The molecule has 3 heterocycles. The van der Waals surface area contributed by atoms with Gasteiger partial charge in [0.05, 0.1) is 0 Å². The fourth-order valence-corrected chi connectivity index (χ4v) is 4.42. The molecule has 0 spiro atoms. The summed E-state index contributed by atoms with van der Waals surface area (Å²) in [7, 11) is 0. The summed E-state index contributed by atoms with van der Waals surface area (Å²) >= 11 is 0. The van der Waals surface area contributed by atoms with Gasteiger partial charge in [0.25, 0.3) is 0 Å². The van der Waals surface area contributed by atoms with E-state index in [1.165, 1.54) is 40.6 Å². The Morgan fingerprint density at radius 1 is 1.10 bits per heavy atom. The van der Waals surface area contributed by atoms with Crippen LogP contribution in [0.3, 0.4) is 0 Å². The van der Waals surface area contributed by atoms with Gasteiger partial charge in [-0.05, 0) is 42.2 Å². The summed E-state index contributed by atoms with van der Waals surface area (Å²) in [5, 5.41) is 1.23. The second-order valence-electron chi connectivity index (χ2n) is 8.73. The van der Waals surface area contributed by atoms with Crippen LogP contribution < -0.4 is 4.74 Å². The molecule has 31 heavy (non-hydrogen) atoms. The number of rotatable bonds is 6. The summed E-state index contributed by atoms with van der Waals surface area (Å²) in [6, 6.07) is 16.6. The highest BCUT2D eigenvalue weighted by Gasteiger charge is 2.28. The molecule has 5 heteroatoms. The molecule has 1 fully saturated rings. The number of benzene rings is 2. The first-order valence-electron chi connectivity index (χ1n) is 11.2. The monoisotopic (exact) mass is 410 g/mol. The molecule has 1 saturated carbocycles. The predicted octanol–water partition coefficient (Wildman–Crippen LogP) is 4.97. The highest BCUT2D eigenvalue weighted by Crippen LogP contribution is 2.38. The van der Waals surface area contributed by atoms with Crippen molar-refractivity contribution in [2.75, 3.05) is 6.54 Å². The van der Waals surface area contributed by atoms with E-state index in [-0.39, 0.29) is 0 Å². The Bertz CT molecular complexity index is 1210. The Hall–Kier alpha value is -3.18. The summed E-state index contributed by atoms with van der Waals surface area (Å²) in [6.07, 6.45) is 7.71. The minimum Gasteiger partial charge on any atom is -0.489 e. The molecule has 0 radical (unpaired) electrons. The average molecular weight is 411 g/mol. The number of hydrogen-bond donors (Lipinski definition) is 1. The van der Waals surface area contributed by atoms with E-state index in [1.807, 2.05) is 24.3 Å². The SMILES string of the molecule is c1ccc(COc2ccc3[nH]cc(CN4CCc5nc(C6CC6)ncc5C4)c3c2)cc1. The molecule has 0 amide bonds. The van der Waals surface area contributed by atoms with Crippen LogP contribution in [0.25, 0.3) is 10.9 Å². The number of aromatic amines is 1. The third-order valence-electron chi connectivity index (χ3n) is 6.36. The second kappa shape index (κ2) is 7.82. The van der Waals surface area contributed by atoms with Crippen LogP contribution in [0.5, 0.6) is 5.75 Å². The summed E-state index contributed by atoms with van der Waals surface area (Å²) in [6.45, 7) is 3.44. The van der Waals surface area contributed by atoms with Crippen molar-refractivity contribution in [3.05, 3.63) is 89.1 Å². The topological polar surface area (TPSA) is 54.0 Å². The first-order chi connectivity index (χ1) is 15.3. The standard InChI is InChI=1S/C26H26N4O/c1-2-4-18(5-3-1)17-31-22-8-9-25-23(12-22)20(13-27-25)15-30-11-10-24-21(16-30)14-28-26(29-24)19-6-7-19/h1-5,8-9,12-14,19,27H,6-7,10-11,15-17H2. The molecule has 6 rings (SSSR count). The first-order valence-corrected chi connectivity index (χ1v) is 11.2. The maximum Gasteiger partial charge on any atom is 0.131 e. The molecule has 0 bridgehead atoms. The molecular formula is C26H26N4O. The molecule has 0 unspecified atom stereocenters. The van der Waals surface area contributed by atoms with Gasteiger partial charge in [0.2, 0.25) is 0 Å². The Morgan fingerprint density at radius 2 is 2.00 bits per heavy atom. The third kappa shape index (κ3) is 3.93. The van der Waals surface area contributed by atoms with Gasteiger partial charge in [0, 0.05) is 66.5 Å². The zero-order valence-electron chi connectivity index (χ0n) is 17.6. The van der Waals surface area contributed by atoms with Crippen molar-refractivity contribution in [2.45, 2.75) is 44.9 Å². The van der Waals surface area contributed by atoms with E-state index in [9.17, 15) is 0 Å². The molecule has 1 aliphatic carbocycles. The highest BCUT2D eigenvalue weighted by atomic mass is 16.5. The van der Waals surface area contributed by atoms with Crippen LogP contribution in [0.15, 0.2) is 60.9 Å². The largest absolute Gasteiger partial charge is 0.489 e. The minimum absolute atomic E-state index is 0.581. The lowest BCUT2D eigenvalue weighted by Crippen LogP contribution is -2.31. The zero-order valence-corrected chi connectivity index (χ0v) is 17.6. The van der Waals surface area contributed by atoms with E-state index in [1.54, 1.807) is 0 Å². The normalized spacial score (nSPS) is 16.4. The van der Waals surface area contributed by atoms with Gasteiger partial charge in [0.1, 0.15) is 18.2 Å². The summed E-state index contributed by atoms with van der Waals surface area (Å²) in [5.74, 6) is 2.59. The zero-order chi connectivity index (χ0) is 20.6. The number of hydrogen-bond acceptors (Lipinski definition) is 4. The van der Waals surface area contributed by atoms with Crippen molar-refractivity contribution in [2.24, 2.45) is 0 Å². The molecule has 2 aliphatic rings. The van der Waals surface area contributed by atoms with E-state index in [0.29, 0.717) is 12.5 Å². The summed E-state index contributed by atoms with van der Waals surface area (Å²) < 4.78 is 6.05. The fraction of sp³-hybridized carbons (Fsp3) is 0.308. The quantitative estimate of drug-likeness (QED) is 0.487. The number of fused-ring (bicyclic) bond motifs is 2. The Balaban J connectivity index is 1.17. The van der Waals surface area contributed by atoms with E-state index < -0.39 is 0 Å². The van der Waals surface area contributed by atoms with Crippen LogP contribution in [0.1, 0.15) is 47.0 Å². The van der Waals surface area contributed by atoms with Crippen molar-refractivity contribution >= 4 is 10.9 Å². The maximum absolute atomic E-state index is 6.05. The number of nitrogens with one attached hydrogen (secondary N) is 1. The smallest absolute Gasteiger partial charge is 0.131 e. The van der Waals surface area contributed by atoms with Gasteiger partial charge in [-0.15, -0.1) is 0 Å². The Kier molecular flexibility index (Phi) is 4.69. The molecule has 2 aromatic heterocycles. The molecule has 0 atom stereocenters. The third-order valence-corrected chi connectivity index (χ3v) is 6.36. The summed E-state index contributed by atoms with van der Waals surface area (Å²) in [5.41, 5.74) is 6.16. The molecule has 4 aromatic rings. The van der Waals surface area contributed by atoms with Crippen LogP contribution in [-0.4, -0.2) is 26.4 Å². The maximum atomic E-state index is 6.05. The van der Waals surface area contributed by atoms with E-state index in [4.69, 9.17) is 9.72 Å². The van der Waals surface area contributed by atoms with E-state index in [0.717, 1.165) is 43.1 Å². The molecular weight excluding hydrogens is 384 g/mol. The van der Waals surface area contributed by atoms with Crippen molar-refractivity contribution in [1.29, 1.82) is 0 Å². The first kappa shape index (κ1) is 18.6. The Labute approximate surface area is 182 Å². The van der Waals surface area contributed by atoms with Gasteiger partial charge in [-0.3, -0.25) is 4.90 Å². The van der Waals surface area contributed by atoms with Gasteiger partial charge in [-0.25, -0.2) is 9.97 Å². The van der Waals surface area contributed by atoms with E-state index >= 15 is 0 Å². The van der Waals surface area contributed by atoms with Crippen LogP contribution in [0, 0.1) is 0 Å². The van der Waals surface area contributed by atoms with Crippen molar-refractivity contribution in [1.82, 2.24) is 19.9 Å². The van der Waals surface area contributed by atoms with Crippen molar-refractivity contribution in [3.63, 3.8) is 0 Å². The number of ether oxygens (including phenoxy) is 1. The van der Waals surface area contributed by atoms with Gasteiger partial charge in [-0.1, -0.05) is 30.3 Å². The number of H-pyrrole nitrogens is 1. The van der Waals surface area contributed by atoms with Crippen molar-refractivity contribution in [3.8, 4) is 5.75 Å². The van der Waals surface area contributed by atoms with Crippen LogP contribution in [0.2, 0.25) is 0 Å². The minimum atomic E-state index is 0.581. The van der Waals surface area contributed by atoms with Crippen LogP contribution in [-0.2, 0) is 26.1 Å². The lowest BCUT2D eigenvalue weighted by molar-refractivity contribution is 0.243. The lowest BCUT2D eigenvalue weighted by Gasteiger charge is -2.28. The van der Waals surface area contributed by atoms with Gasteiger partial charge < -0.3 is 9.72 Å². The fourth-order valence-electron chi connectivity index (χ4n) is 4.42. The van der Waals surface area contributed by atoms with Crippen molar-refractivity contribution < 1.29 is 4.74 Å². The van der Waals surface area contributed by atoms with Gasteiger partial charge >= 0.3 is 0 Å². The molecule has 0 saturated heterocycles. The highest BCUT2D eigenvalue weighted by molar-refractivity contribution is 5.84. The van der Waals surface area contributed by atoms with Gasteiger partial charge in [0.15, 0.2) is 0 Å². The van der Waals surface area contributed by atoms with Gasteiger partial charge in [-0.2, -0.15) is 0 Å². The lowest BCUT2D eigenvalue weighted by atomic mass is 10.1. The van der Waals surface area contributed by atoms with E-state index in [2.05, 4.69) is 51.5 Å². The number of nitrogens with zero attached hydrogens (tertiary/aromatic N) is 3.